The van der Waals surface area contributed by atoms with Crippen molar-refractivity contribution in [2.75, 3.05) is 33.4 Å². The third-order valence-electron chi connectivity index (χ3n) is 4.51. The molecule has 1 aliphatic rings. The van der Waals surface area contributed by atoms with E-state index in [0.717, 1.165) is 38.4 Å². The largest absolute Gasteiger partial charge is 0.466 e. The first-order valence-electron chi connectivity index (χ1n) is 9.37. The number of methoxy groups -OCH3 is 1. The van der Waals surface area contributed by atoms with E-state index in [-0.39, 0.29) is 11.9 Å². The molecule has 0 radical (unpaired) electrons. The molecule has 1 aromatic rings. The lowest BCUT2D eigenvalue weighted by atomic mass is 9.97. The van der Waals surface area contributed by atoms with Gasteiger partial charge in [-0.2, -0.15) is 0 Å². The van der Waals surface area contributed by atoms with Crippen molar-refractivity contribution < 1.29 is 23.5 Å². The van der Waals surface area contributed by atoms with Crippen LogP contribution in [0.1, 0.15) is 48.6 Å². The Morgan fingerprint density at radius 2 is 2.04 bits per heavy atom. The van der Waals surface area contributed by atoms with E-state index in [2.05, 4.69) is 15.2 Å². The number of esters is 2. The summed E-state index contributed by atoms with van der Waals surface area (Å²) in [6.45, 7) is 8.50. The Bertz CT molecular complexity index is 675. The summed E-state index contributed by atoms with van der Waals surface area (Å²) in [5.41, 5.74) is 0.419. The van der Waals surface area contributed by atoms with Crippen LogP contribution in [-0.4, -0.2) is 56.1 Å². The number of hydrogen-bond donors (Lipinski definition) is 1. The zero-order valence-electron chi connectivity index (χ0n) is 16.5. The Balaban J connectivity index is 2.01. The molecule has 1 fully saturated rings. The summed E-state index contributed by atoms with van der Waals surface area (Å²) in [6, 6.07) is 1.67. The van der Waals surface area contributed by atoms with Gasteiger partial charge in [-0.1, -0.05) is 0 Å². The topological polar surface area (TPSA) is 93.4 Å². The van der Waals surface area contributed by atoms with Crippen molar-refractivity contribution in [1.82, 2.24) is 10.2 Å². The molecular formula is C19H29N3O5. The molecule has 0 amide bonds. The van der Waals surface area contributed by atoms with Gasteiger partial charge in [0.1, 0.15) is 23.6 Å². The van der Waals surface area contributed by atoms with Gasteiger partial charge in [-0.3, -0.25) is 4.79 Å². The highest BCUT2D eigenvalue weighted by atomic mass is 16.5. The van der Waals surface area contributed by atoms with E-state index in [9.17, 15) is 9.59 Å². The predicted molar refractivity (Wildman–Crippen MR) is 101 cm³/mol. The molecule has 8 heteroatoms. The second kappa shape index (κ2) is 9.99. The maximum atomic E-state index is 11.9. The van der Waals surface area contributed by atoms with Crippen LogP contribution < -0.4 is 5.32 Å². The van der Waals surface area contributed by atoms with Gasteiger partial charge in [-0.25, -0.2) is 9.79 Å². The number of aryl methyl sites for hydroxylation is 1. The lowest BCUT2D eigenvalue weighted by Crippen LogP contribution is -2.46. The maximum absolute atomic E-state index is 11.9. The van der Waals surface area contributed by atoms with Gasteiger partial charge in [0.05, 0.1) is 19.6 Å². The number of likely N-dealkylation sites (tertiary alicyclic amines) is 1. The Morgan fingerprint density at radius 3 is 2.63 bits per heavy atom. The van der Waals surface area contributed by atoms with Crippen molar-refractivity contribution in [3.8, 4) is 0 Å². The van der Waals surface area contributed by atoms with Crippen molar-refractivity contribution in [1.29, 1.82) is 0 Å². The summed E-state index contributed by atoms with van der Waals surface area (Å²) in [6.07, 6.45) is 1.49. The second-order valence-corrected chi connectivity index (χ2v) is 6.36. The molecule has 0 unspecified atom stereocenters. The van der Waals surface area contributed by atoms with Gasteiger partial charge in [-0.15, -0.1) is 0 Å². The number of carbonyl (C=O) groups is 2. The number of carbonyl (C=O) groups excluding carboxylic acids is 2. The van der Waals surface area contributed by atoms with Crippen LogP contribution in [0.3, 0.4) is 0 Å². The molecule has 1 N–H and O–H groups in total. The van der Waals surface area contributed by atoms with Crippen molar-refractivity contribution in [3.63, 3.8) is 0 Å². The summed E-state index contributed by atoms with van der Waals surface area (Å²) in [5, 5.41) is 3.27. The summed E-state index contributed by atoms with van der Waals surface area (Å²) >= 11 is 0. The number of guanidine groups is 1. The van der Waals surface area contributed by atoms with E-state index in [1.165, 1.54) is 7.11 Å². The fourth-order valence-electron chi connectivity index (χ4n) is 3.10. The van der Waals surface area contributed by atoms with Gasteiger partial charge in [-0.05, 0) is 39.7 Å². The van der Waals surface area contributed by atoms with Gasteiger partial charge in [0, 0.05) is 19.6 Å². The Morgan fingerprint density at radius 1 is 1.33 bits per heavy atom. The van der Waals surface area contributed by atoms with Crippen molar-refractivity contribution in [2.45, 2.75) is 40.2 Å². The SMILES string of the molecule is CCNC(=NCc1cc(C(=O)OC)c(C)o1)N1CCC(C(=O)OCC)CC1. The smallest absolute Gasteiger partial charge is 0.341 e. The Kier molecular flexibility index (Phi) is 7.69. The first kappa shape index (κ1) is 20.8. The Hall–Kier alpha value is -2.51. The predicted octanol–water partition coefficient (Wildman–Crippen LogP) is 2.12. The lowest BCUT2D eigenvalue weighted by molar-refractivity contribution is -0.149. The second-order valence-electron chi connectivity index (χ2n) is 6.36. The third kappa shape index (κ3) is 5.48. The minimum atomic E-state index is -0.417. The zero-order chi connectivity index (χ0) is 19.8. The van der Waals surface area contributed by atoms with Crippen molar-refractivity contribution in [3.05, 3.63) is 23.2 Å². The van der Waals surface area contributed by atoms with E-state index >= 15 is 0 Å². The number of hydrogen-bond acceptors (Lipinski definition) is 6. The molecule has 150 valence electrons. The van der Waals surface area contributed by atoms with E-state index in [0.29, 0.717) is 30.2 Å². The van der Waals surface area contributed by atoms with Gasteiger partial charge < -0.3 is 24.1 Å². The van der Waals surface area contributed by atoms with Crippen LogP contribution in [0.4, 0.5) is 0 Å². The van der Waals surface area contributed by atoms with Gasteiger partial charge in [0.15, 0.2) is 5.96 Å². The Labute approximate surface area is 159 Å². The molecule has 0 aliphatic carbocycles. The number of rotatable bonds is 6. The molecule has 2 rings (SSSR count). The van der Waals surface area contributed by atoms with Crippen LogP contribution in [0.15, 0.2) is 15.5 Å². The monoisotopic (exact) mass is 379 g/mol. The van der Waals surface area contributed by atoms with Crippen molar-refractivity contribution in [2.24, 2.45) is 10.9 Å². The lowest BCUT2D eigenvalue weighted by Gasteiger charge is -2.33. The number of nitrogens with one attached hydrogen (secondary N) is 1. The molecular weight excluding hydrogens is 350 g/mol. The molecule has 2 heterocycles. The standard InChI is InChI=1S/C19H29N3O5/c1-5-20-19(22-9-7-14(8-10-22)17(23)26-6-2)21-12-15-11-16(13(3)27-15)18(24)25-4/h11,14H,5-10,12H2,1-4H3,(H,20,21). The molecule has 8 nitrogen and oxygen atoms in total. The highest BCUT2D eigenvalue weighted by Gasteiger charge is 2.27. The number of ether oxygens (including phenoxy) is 2. The molecule has 0 atom stereocenters. The van der Waals surface area contributed by atoms with Crippen LogP contribution >= 0.6 is 0 Å². The van der Waals surface area contributed by atoms with Crippen molar-refractivity contribution >= 4 is 17.9 Å². The number of piperidine rings is 1. The van der Waals surface area contributed by atoms with E-state index in [1.54, 1.807) is 13.0 Å². The van der Waals surface area contributed by atoms with E-state index < -0.39 is 5.97 Å². The summed E-state index contributed by atoms with van der Waals surface area (Å²) < 4.78 is 15.5. The van der Waals surface area contributed by atoms with E-state index in [4.69, 9.17) is 13.9 Å². The van der Waals surface area contributed by atoms with Crippen LogP contribution in [0.2, 0.25) is 0 Å². The molecule has 0 spiro atoms. The van der Waals surface area contributed by atoms with Crippen LogP contribution in [-0.2, 0) is 20.8 Å². The summed E-state index contributed by atoms with van der Waals surface area (Å²) in [4.78, 5) is 30.3. The van der Waals surface area contributed by atoms with Crippen LogP contribution in [0, 0.1) is 12.8 Å². The molecule has 0 bridgehead atoms. The fourth-order valence-corrected chi connectivity index (χ4v) is 3.10. The maximum Gasteiger partial charge on any atom is 0.341 e. The molecule has 1 saturated heterocycles. The summed E-state index contributed by atoms with van der Waals surface area (Å²) in [7, 11) is 1.34. The van der Waals surface area contributed by atoms with Gasteiger partial charge in [0.25, 0.3) is 0 Å². The quantitative estimate of drug-likeness (QED) is 0.460. The van der Waals surface area contributed by atoms with Crippen LogP contribution in [0.5, 0.6) is 0 Å². The average Bonchev–Trinajstić information content (AvgIpc) is 3.05. The molecule has 1 aliphatic heterocycles. The molecule has 27 heavy (non-hydrogen) atoms. The average molecular weight is 379 g/mol. The molecule has 1 aromatic heterocycles. The zero-order valence-corrected chi connectivity index (χ0v) is 16.5. The molecule has 0 aromatic carbocycles. The first-order valence-corrected chi connectivity index (χ1v) is 9.37. The fraction of sp³-hybridized carbons (Fsp3) is 0.632. The van der Waals surface area contributed by atoms with Crippen LogP contribution in [0.25, 0.3) is 0 Å². The minimum absolute atomic E-state index is 0.0422. The number of furan rings is 1. The van der Waals surface area contributed by atoms with Gasteiger partial charge in [0.2, 0.25) is 0 Å². The first-order chi connectivity index (χ1) is 13.0. The molecule has 0 saturated carbocycles. The number of aliphatic imine (C=N–C) groups is 1. The van der Waals surface area contributed by atoms with E-state index in [1.807, 2.05) is 13.8 Å². The number of nitrogens with zero attached hydrogens (tertiary/aromatic N) is 2. The normalized spacial score (nSPS) is 15.6. The third-order valence-corrected chi connectivity index (χ3v) is 4.51. The summed E-state index contributed by atoms with van der Waals surface area (Å²) in [5.74, 6) is 1.32. The highest BCUT2D eigenvalue weighted by Crippen LogP contribution is 2.20. The highest BCUT2D eigenvalue weighted by molar-refractivity contribution is 5.90. The van der Waals surface area contributed by atoms with Gasteiger partial charge >= 0.3 is 11.9 Å². The minimum Gasteiger partial charge on any atom is -0.466 e.